The normalized spacial score (nSPS) is 15.2. The van der Waals surface area contributed by atoms with Gasteiger partial charge in [0.05, 0.1) is 10.7 Å². The van der Waals surface area contributed by atoms with Crippen molar-refractivity contribution in [3.05, 3.63) is 15.6 Å². The molecule has 1 heterocycles. The SMILES string of the molecule is Cc1nc(C(C)C)sc1C(C)NC(CCO)C(C)C. The van der Waals surface area contributed by atoms with Crippen LogP contribution in [0, 0.1) is 12.8 Å². The molecule has 2 N–H and O–H groups in total. The van der Waals surface area contributed by atoms with Crippen LogP contribution in [-0.4, -0.2) is 22.7 Å². The van der Waals surface area contributed by atoms with Crippen molar-refractivity contribution in [1.29, 1.82) is 0 Å². The minimum Gasteiger partial charge on any atom is -0.396 e. The molecule has 2 unspecified atom stereocenters. The first-order valence-corrected chi connectivity index (χ1v) is 8.02. The molecule has 0 saturated heterocycles. The molecule has 0 aliphatic carbocycles. The number of nitrogens with one attached hydrogen (secondary N) is 1. The molecule has 0 aromatic carbocycles. The lowest BCUT2D eigenvalue weighted by Crippen LogP contribution is -2.36. The Morgan fingerprint density at radius 2 is 1.84 bits per heavy atom. The average molecular weight is 284 g/mol. The van der Waals surface area contributed by atoms with Crippen molar-refractivity contribution in [3.8, 4) is 0 Å². The molecule has 1 rings (SSSR count). The molecule has 3 nitrogen and oxygen atoms in total. The van der Waals surface area contributed by atoms with Gasteiger partial charge in [0, 0.05) is 29.5 Å². The van der Waals surface area contributed by atoms with Crippen molar-refractivity contribution in [3.63, 3.8) is 0 Å². The first-order chi connectivity index (χ1) is 8.86. The predicted octanol–water partition coefficient (Wildman–Crippen LogP) is 3.63. The van der Waals surface area contributed by atoms with Crippen LogP contribution in [0.25, 0.3) is 0 Å². The summed E-state index contributed by atoms with van der Waals surface area (Å²) >= 11 is 1.81. The van der Waals surface area contributed by atoms with Gasteiger partial charge in [0.1, 0.15) is 0 Å². The second-order valence-electron chi connectivity index (χ2n) is 5.91. The van der Waals surface area contributed by atoms with Gasteiger partial charge in [0.15, 0.2) is 0 Å². The average Bonchev–Trinajstić information content (AvgIpc) is 2.70. The Hall–Kier alpha value is -0.450. The van der Waals surface area contributed by atoms with Crippen molar-refractivity contribution in [2.24, 2.45) is 5.92 Å². The Morgan fingerprint density at radius 3 is 2.26 bits per heavy atom. The van der Waals surface area contributed by atoms with E-state index in [1.54, 1.807) is 0 Å². The maximum atomic E-state index is 9.15. The highest BCUT2D eigenvalue weighted by molar-refractivity contribution is 7.11. The van der Waals surface area contributed by atoms with E-state index < -0.39 is 0 Å². The Labute approximate surface area is 121 Å². The molecule has 1 aromatic rings. The number of aliphatic hydroxyl groups excluding tert-OH is 1. The molecule has 110 valence electrons. The van der Waals surface area contributed by atoms with E-state index in [0.29, 0.717) is 23.9 Å². The molecule has 0 aliphatic heterocycles. The Bertz CT molecular complexity index is 387. The minimum atomic E-state index is 0.238. The van der Waals surface area contributed by atoms with E-state index in [4.69, 9.17) is 5.11 Å². The van der Waals surface area contributed by atoms with Crippen LogP contribution in [-0.2, 0) is 0 Å². The third kappa shape index (κ3) is 4.55. The zero-order chi connectivity index (χ0) is 14.6. The molecule has 0 radical (unpaired) electrons. The number of rotatable bonds is 7. The monoisotopic (exact) mass is 284 g/mol. The number of aliphatic hydroxyl groups is 1. The van der Waals surface area contributed by atoms with Crippen LogP contribution in [0.1, 0.15) is 68.6 Å². The van der Waals surface area contributed by atoms with Gasteiger partial charge in [-0.15, -0.1) is 11.3 Å². The minimum absolute atomic E-state index is 0.238. The van der Waals surface area contributed by atoms with Gasteiger partial charge >= 0.3 is 0 Å². The molecule has 0 bridgehead atoms. The van der Waals surface area contributed by atoms with Crippen molar-refractivity contribution in [2.75, 3.05) is 6.61 Å². The van der Waals surface area contributed by atoms with Crippen molar-refractivity contribution >= 4 is 11.3 Å². The van der Waals surface area contributed by atoms with Gasteiger partial charge in [-0.1, -0.05) is 27.7 Å². The first-order valence-electron chi connectivity index (χ1n) is 7.20. The molecule has 4 heteroatoms. The van der Waals surface area contributed by atoms with Crippen LogP contribution < -0.4 is 5.32 Å². The molecule has 19 heavy (non-hydrogen) atoms. The van der Waals surface area contributed by atoms with Gasteiger partial charge in [-0.3, -0.25) is 0 Å². The number of hydrogen-bond acceptors (Lipinski definition) is 4. The highest BCUT2D eigenvalue weighted by Gasteiger charge is 2.20. The zero-order valence-corrected chi connectivity index (χ0v) is 13.8. The number of thiazole rings is 1. The molecule has 0 amide bonds. The lowest BCUT2D eigenvalue weighted by atomic mass is 10.00. The largest absolute Gasteiger partial charge is 0.396 e. The zero-order valence-electron chi connectivity index (χ0n) is 13.0. The third-order valence-electron chi connectivity index (χ3n) is 3.45. The van der Waals surface area contributed by atoms with E-state index in [1.807, 2.05) is 11.3 Å². The fraction of sp³-hybridized carbons (Fsp3) is 0.800. The first kappa shape index (κ1) is 16.6. The molecule has 1 aromatic heterocycles. The molecular formula is C15H28N2OS. The molecule has 0 aliphatic rings. The lowest BCUT2D eigenvalue weighted by molar-refractivity contribution is 0.237. The summed E-state index contributed by atoms with van der Waals surface area (Å²) in [6.07, 6.45) is 0.802. The second kappa shape index (κ2) is 7.36. The summed E-state index contributed by atoms with van der Waals surface area (Å²) in [6.45, 7) is 13.3. The molecule has 0 saturated carbocycles. The molecular weight excluding hydrogens is 256 g/mol. The third-order valence-corrected chi connectivity index (χ3v) is 5.09. The van der Waals surface area contributed by atoms with Crippen LogP contribution in [0.4, 0.5) is 0 Å². The second-order valence-corrected chi connectivity index (χ2v) is 6.97. The lowest BCUT2D eigenvalue weighted by Gasteiger charge is -2.25. The van der Waals surface area contributed by atoms with Crippen LogP contribution in [0.3, 0.4) is 0 Å². The summed E-state index contributed by atoms with van der Waals surface area (Å²) in [5, 5.41) is 14.0. The topological polar surface area (TPSA) is 45.2 Å². The summed E-state index contributed by atoms with van der Waals surface area (Å²) in [5.74, 6) is 1.01. The molecule has 0 fully saturated rings. The van der Waals surface area contributed by atoms with E-state index in [0.717, 1.165) is 12.1 Å². The van der Waals surface area contributed by atoms with E-state index >= 15 is 0 Å². The highest BCUT2D eigenvalue weighted by atomic mass is 32.1. The van der Waals surface area contributed by atoms with E-state index in [9.17, 15) is 0 Å². The maximum absolute atomic E-state index is 9.15. The molecule has 0 spiro atoms. The fourth-order valence-electron chi connectivity index (χ4n) is 2.22. The van der Waals surface area contributed by atoms with Gasteiger partial charge in [-0.05, 0) is 26.2 Å². The summed E-state index contributed by atoms with van der Waals surface area (Å²) in [6, 6.07) is 0.646. The van der Waals surface area contributed by atoms with Gasteiger partial charge < -0.3 is 10.4 Å². The quantitative estimate of drug-likeness (QED) is 0.803. The summed E-state index contributed by atoms with van der Waals surface area (Å²) in [5.41, 5.74) is 1.14. The number of nitrogens with zero attached hydrogens (tertiary/aromatic N) is 1. The van der Waals surface area contributed by atoms with Crippen molar-refractivity contribution in [2.45, 2.75) is 66.0 Å². The van der Waals surface area contributed by atoms with E-state index in [1.165, 1.54) is 9.88 Å². The number of aryl methyl sites for hydroxylation is 1. The van der Waals surface area contributed by atoms with E-state index in [-0.39, 0.29) is 6.61 Å². The van der Waals surface area contributed by atoms with Crippen LogP contribution in [0.15, 0.2) is 0 Å². The predicted molar refractivity (Wildman–Crippen MR) is 82.8 cm³/mol. The summed E-state index contributed by atoms with van der Waals surface area (Å²) < 4.78 is 0. The fourth-order valence-corrected chi connectivity index (χ4v) is 3.31. The molecule has 2 atom stereocenters. The Balaban J connectivity index is 2.79. The van der Waals surface area contributed by atoms with Gasteiger partial charge in [-0.2, -0.15) is 0 Å². The van der Waals surface area contributed by atoms with Crippen LogP contribution in [0.2, 0.25) is 0 Å². The van der Waals surface area contributed by atoms with E-state index in [2.05, 4.69) is 51.8 Å². The number of aromatic nitrogens is 1. The number of hydrogen-bond donors (Lipinski definition) is 2. The van der Waals surface area contributed by atoms with Gasteiger partial charge in [-0.25, -0.2) is 4.98 Å². The summed E-state index contributed by atoms with van der Waals surface area (Å²) in [7, 11) is 0. The Kier molecular flexibility index (Phi) is 6.43. The van der Waals surface area contributed by atoms with Crippen LogP contribution >= 0.6 is 11.3 Å². The standard InChI is InChI=1S/C15H28N2OS/c1-9(2)13(7-8-18)16-11(5)14-12(6)17-15(19-14)10(3)4/h9-11,13,16,18H,7-8H2,1-6H3. The van der Waals surface area contributed by atoms with Gasteiger partial charge in [0.2, 0.25) is 0 Å². The van der Waals surface area contributed by atoms with Crippen molar-refractivity contribution < 1.29 is 5.11 Å². The van der Waals surface area contributed by atoms with Crippen LogP contribution in [0.5, 0.6) is 0 Å². The maximum Gasteiger partial charge on any atom is 0.0956 e. The van der Waals surface area contributed by atoms with Crippen molar-refractivity contribution in [1.82, 2.24) is 10.3 Å². The summed E-state index contributed by atoms with van der Waals surface area (Å²) in [4.78, 5) is 5.98. The smallest absolute Gasteiger partial charge is 0.0956 e. The Morgan fingerprint density at radius 1 is 1.21 bits per heavy atom. The van der Waals surface area contributed by atoms with Gasteiger partial charge in [0.25, 0.3) is 0 Å². The highest BCUT2D eigenvalue weighted by Crippen LogP contribution is 2.29.